The molecule has 1 saturated heterocycles. The van der Waals surface area contributed by atoms with Crippen molar-refractivity contribution in [3.63, 3.8) is 0 Å². The molecule has 0 bridgehead atoms. The highest BCUT2D eigenvalue weighted by Crippen LogP contribution is 2.57. The zero-order chi connectivity index (χ0) is 28.5. The largest absolute Gasteiger partial charge is 0.497 e. The molecule has 1 unspecified atom stereocenters. The van der Waals surface area contributed by atoms with E-state index in [4.69, 9.17) is 15.2 Å². The molecule has 3 aromatic carbocycles. The minimum Gasteiger partial charge on any atom is -0.497 e. The molecule has 40 heavy (non-hydrogen) atoms. The zero-order valence-electron chi connectivity index (χ0n) is 22.3. The van der Waals surface area contributed by atoms with Crippen LogP contribution >= 0.6 is 0 Å². The smallest absolute Gasteiger partial charge is 0.351 e. The summed E-state index contributed by atoms with van der Waals surface area (Å²) in [5, 5.41) is 34.6. The first-order chi connectivity index (χ1) is 19.3. The van der Waals surface area contributed by atoms with E-state index < -0.39 is 41.2 Å². The van der Waals surface area contributed by atoms with Gasteiger partial charge in [-0.2, -0.15) is 4.98 Å². The molecule has 0 aliphatic carbocycles. The third kappa shape index (κ3) is 4.10. The summed E-state index contributed by atoms with van der Waals surface area (Å²) in [6, 6.07) is 27.3. The molecule has 4 aromatic rings. The van der Waals surface area contributed by atoms with Gasteiger partial charge < -0.3 is 30.5 Å². The van der Waals surface area contributed by atoms with E-state index in [9.17, 15) is 20.1 Å². The maximum absolute atomic E-state index is 13.7. The second-order valence-electron chi connectivity index (χ2n) is 9.91. The Morgan fingerprint density at radius 3 is 2.02 bits per heavy atom. The average Bonchev–Trinajstić information content (AvgIpc) is 3.25. The molecule has 0 radical (unpaired) electrons. The number of anilines is 1. The van der Waals surface area contributed by atoms with Gasteiger partial charge in [0.15, 0.2) is 5.72 Å². The summed E-state index contributed by atoms with van der Waals surface area (Å²) in [6.07, 6.45) is -3.97. The van der Waals surface area contributed by atoms with Crippen LogP contribution in [0.5, 0.6) is 5.75 Å². The molecule has 1 fully saturated rings. The van der Waals surface area contributed by atoms with Crippen LogP contribution < -0.4 is 16.2 Å². The summed E-state index contributed by atoms with van der Waals surface area (Å²) in [4.78, 5) is 17.7. The lowest BCUT2D eigenvalue weighted by Gasteiger charge is -2.51. The Kier molecular flexibility index (Phi) is 7.48. The number of rotatable bonds is 8. The number of aromatic nitrogens is 2. The maximum atomic E-state index is 13.7. The standard InChI is InChI=1S/C31H33N3O6/c1-3-24(35)27-26(36)28(37)31(40-27,34-19-18-25(32)33-29(34)38)30(20-10-6-4-7-11-20,21-12-8-5-9-13-21)22-14-16-23(39-2)17-15-22/h4-19,24,26-28,35-37H,3H2,1-2H3,(H2,32,33,38)/t24?,26-,27-,28-,31+/m1/s1. The highest BCUT2D eigenvalue weighted by atomic mass is 16.6. The van der Waals surface area contributed by atoms with Crippen molar-refractivity contribution in [2.75, 3.05) is 12.8 Å². The van der Waals surface area contributed by atoms with Crippen LogP contribution in [-0.4, -0.2) is 56.4 Å². The molecular weight excluding hydrogens is 510 g/mol. The number of benzene rings is 3. The lowest BCUT2D eigenvalue weighted by atomic mass is 9.60. The molecule has 5 rings (SSSR count). The van der Waals surface area contributed by atoms with Crippen LogP contribution in [0.1, 0.15) is 30.0 Å². The fourth-order valence-corrected chi connectivity index (χ4v) is 5.99. The summed E-state index contributed by atoms with van der Waals surface area (Å²) in [5.41, 5.74) is 3.53. The Bertz CT molecular complexity index is 1460. The normalized spacial score (nSPS) is 23.6. The van der Waals surface area contributed by atoms with Gasteiger partial charge >= 0.3 is 5.69 Å². The fourth-order valence-electron chi connectivity index (χ4n) is 5.99. The zero-order valence-corrected chi connectivity index (χ0v) is 22.3. The Labute approximate surface area is 232 Å². The van der Waals surface area contributed by atoms with Gasteiger partial charge in [0.1, 0.15) is 29.9 Å². The van der Waals surface area contributed by atoms with E-state index in [0.717, 1.165) is 0 Å². The van der Waals surface area contributed by atoms with Gasteiger partial charge in [-0.25, -0.2) is 4.79 Å². The molecule has 1 aliphatic heterocycles. The van der Waals surface area contributed by atoms with Crippen LogP contribution in [0.3, 0.4) is 0 Å². The number of aliphatic hydroxyl groups is 3. The molecule has 1 aromatic heterocycles. The van der Waals surface area contributed by atoms with Crippen molar-refractivity contribution in [1.29, 1.82) is 0 Å². The van der Waals surface area contributed by atoms with Crippen LogP contribution in [0.2, 0.25) is 0 Å². The third-order valence-corrected chi connectivity index (χ3v) is 7.83. The first-order valence-electron chi connectivity index (χ1n) is 13.1. The van der Waals surface area contributed by atoms with E-state index in [-0.39, 0.29) is 12.2 Å². The number of nitrogens with zero attached hydrogens (tertiary/aromatic N) is 2. The summed E-state index contributed by atoms with van der Waals surface area (Å²) in [6.45, 7) is 1.75. The molecule has 1 aliphatic rings. The second kappa shape index (κ2) is 10.9. The van der Waals surface area contributed by atoms with Crippen molar-refractivity contribution < 1.29 is 24.8 Å². The molecule has 0 spiro atoms. The number of nitrogen functional groups attached to an aromatic ring is 1. The van der Waals surface area contributed by atoms with Crippen molar-refractivity contribution in [2.45, 2.75) is 48.9 Å². The summed E-state index contributed by atoms with van der Waals surface area (Å²) in [7, 11) is 1.56. The van der Waals surface area contributed by atoms with E-state index in [2.05, 4.69) is 4.98 Å². The lowest BCUT2D eigenvalue weighted by molar-refractivity contribution is -0.190. The molecule has 0 saturated carbocycles. The minimum atomic E-state index is -2.04. The minimum absolute atomic E-state index is 0.0101. The Balaban J connectivity index is 2.00. The fraction of sp³-hybridized carbons (Fsp3) is 0.290. The van der Waals surface area contributed by atoms with Crippen LogP contribution in [0, 0.1) is 0 Å². The monoisotopic (exact) mass is 543 g/mol. The third-order valence-electron chi connectivity index (χ3n) is 7.83. The summed E-state index contributed by atoms with van der Waals surface area (Å²) < 4.78 is 13.3. The van der Waals surface area contributed by atoms with E-state index in [0.29, 0.717) is 22.4 Å². The van der Waals surface area contributed by atoms with Crippen LogP contribution in [0.15, 0.2) is 102 Å². The van der Waals surface area contributed by atoms with E-state index in [1.54, 1.807) is 26.2 Å². The molecule has 5 atom stereocenters. The van der Waals surface area contributed by atoms with Gasteiger partial charge in [0, 0.05) is 6.20 Å². The highest BCUT2D eigenvalue weighted by molar-refractivity contribution is 5.55. The van der Waals surface area contributed by atoms with Crippen LogP contribution in [-0.2, 0) is 15.9 Å². The summed E-state index contributed by atoms with van der Waals surface area (Å²) in [5.74, 6) is 0.593. The predicted octanol–water partition coefficient (Wildman–Crippen LogP) is 2.41. The molecule has 2 heterocycles. The van der Waals surface area contributed by atoms with E-state index in [1.807, 2.05) is 72.8 Å². The Morgan fingerprint density at radius 1 is 0.975 bits per heavy atom. The number of ether oxygens (including phenoxy) is 2. The molecule has 5 N–H and O–H groups in total. The van der Waals surface area contributed by atoms with Gasteiger partial charge in [0.2, 0.25) is 0 Å². The van der Waals surface area contributed by atoms with Gasteiger partial charge in [0.25, 0.3) is 0 Å². The van der Waals surface area contributed by atoms with Gasteiger partial charge in [0.05, 0.1) is 18.6 Å². The number of aliphatic hydroxyl groups excluding tert-OH is 3. The van der Waals surface area contributed by atoms with Gasteiger partial charge in [-0.15, -0.1) is 0 Å². The molecular formula is C31H33N3O6. The molecule has 0 amide bonds. The van der Waals surface area contributed by atoms with Crippen molar-refractivity contribution >= 4 is 5.82 Å². The number of hydrogen-bond acceptors (Lipinski definition) is 8. The Morgan fingerprint density at radius 2 is 1.52 bits per heavy atom. The van der Waals surface area contributed by atoms with Crippen molar-refractivity contribution in [3.05, 3.63) is 124 Å². The van der Waals surface area contributed by atoms with Gasteiger partial charge in [-0.3, -0.25) is 4.57 Å². The first kappa shape index (κ1) is 27.5. The lowest BCUT2D eigenvalue weighted by Crippen LogP contribution is -2.64. The van der Waals surface area contributed by atoms with Crippen LogP contribution in [0.4, 0.5) is 5.82 Å². The SMILES string of the molecule is CCC(O)[C@H]1O[C@](n2ccc(N)nc2=O)(C(c2ccccc2)(c2ccccc2)c2ccc(OC)cc2)[C@H](O)[C@@H]1O. The second-order valence-corrected chi connectivity index (χ2v) is 9.91. The van der Waals surface area contributed by atoms with Gasteiger partial charge in [-0.05, 0) is 41.3 Å². The molecule has 9 nitrogen and oxygen atoms in total. The quantitative estimate of drug-likeness (QED) is 0.249. The number of nitrogens with two attached hydrogens (primary N) is 1. The average molecular weight is 544 g/mol. The summed E-state index contributed by atoms with van der Waals surface area (Å²) >= 11 is 0. The topological polar surface area (TPSA) is 140 Å². The highest BCUT2D eigenvalue weighted by Gasteiger charge is 2.69. The maximum Gasteiger partial charge on any atom is 0.351 e. The molecule has 9 heteroatoms. The predicted molar refractivity (Wildman–Crippen MR) is 150 cm³/mol. The van der Waals surface area contributed by atoms with Crippen LogP contribution in [0.25, 0.3) is 0 Å². The Hall–Kier alpha value is -4.02. The van der Waals surface area contributed by atoms with E-state index >= 15 is 0 Å². The molecule has 208 valence electrons. The number of methoxy groups -OCH3 is 1. The number of hydrogen-bond donors (Lipinski definition) is 4. The van der Waals surface area contributed by atoms with Crippen molar-refractivity contribution in [2.24, 2.45) is 0 Å². The first-order valence-corrected chi connectivity index (χ1v) is 13.1. The van der Waals surface area contributed by atoms with E-state index in [1.165, 1.54) is 16.8 Å². The van der Waals surface area contributed by atoms with Crippen molar-refractivity contribution in [1.82, 2.24) is 9.55 Å². The van der Waals surface area contributed by atoms with Gasteiger partial charge in [-0.1, -0.05) is 79.7 Å². The van der Waals surface area contributed by atoms with Crippen molar-refractivity contribution in [3.8, 4) is 5.75 Å².